The van der Waals surface area contributed by atoms with Gasteiger partial charge in [-0.3, -0.25) is 4.79 Å². The molecular weight excluding hydrogens is 422 g/mol. The number of carbonyl (C=O) groups excluding carboxylic acids is 1. The minimum absolute atomic E-state index is 0. The molecule has 8 nitrogen and oxygen atoms in total. The number of carbonyl (C=O) groups is 1. The number of aromatic amines is 1. The van der Waals surface area contributed by atoms with Crippen molar-refractivity contribution in [2.75, 3.05) is 11.4 Å². The first kappa shape index (κ1) is 20.7. The molecule has 0 bridgehead atoms. The summed E-state index contributed by atoms with van der Waals surface area (Å²) >= 11 is 1.44. The van der Waals surface area contributed by atoms with Crippen molar-refractivity contribution in [2.45, 2.75) is 51.7 Å². The lowest BCUT2D eigenvalue weighted by atomic mass is 10.0. The number of benzene rings is 1. The molecule has 9 heteroatoms. The van der Waals surface area contributed by atoms with Crippen LogP contribution in [0.3, 0.4) is 0 Å². The molecule has 0 saturated carbocycles. The van der Waals surface area contributed by atoms with Gasteiger partial charge in [-0.05, 0) is 24.5 Å². The first-order valence-corrected chi connectivity index (χ1v) is 12.0. The summed E-state index contributed by atoms with van der Waals surface area (Å²) in [5.74, 6) is 0.880. The Morgan fingerprint density at radius 1 is 1.34 bits per heavy atom. The molecule has 0 saturated heterocycles. The van der Waals surface area contributed by atoms with E-state index in [0.29, 0.717) is 11.4 Å². The molecule has 2 N–H and O–H groups in total. The SMILES string of the molecule is CCCCC(Cc1c[nH]c2ccccc12)NC(=O)c1cnc(N2CCn3cnnc3C2)s1.[HH].[HH]. The van der Waals surface area contributed by atoms with Crippen LogP contribution in [-0.4, -0.2) is 43.2 Å². The zero-order chi connectivity index (χ0) is 21.9. The van der Waals surface area contributed by atoms with E-state index >= 15 is 0 Å². The van der Waals surface area contributed by atoms with Gasteiger partial charge in [-0.2, -0.15) is 0 Å². The molecular formula is C23H31N7OS. The number of para-hydroxylation sites is 1. The van der Waals surface area contributed by atoms with Gasteiger partial charge in [0, 0.05) is 39.1 Å². The van der Waals surface area contributed by atoms with Crippen LogP contribution < -0.4 is 10.2 Å². The van der Waals surface area contributed by atoms with Crippen LogP contribution in [0, 0.1) is 0 Å². The molecule has 1 atom stereocenters. The Morgan fingerprint density at radius 2 is 2.25 bits per heavy atom. The summed E-state index contributed by atoms with van der Waals surface area (Å²) in [6.45, 7) is 4.50. The summed E-state index contributed by atoms with van der Waals surface area (Å²) in [7, 11) is 0. The van der Waals surface area contributed by atoms with Crippen molar-refractivity contribution in [3.63, 3.8) is 0 Å². The Bertz CT molecular complexity index is 1220. The van der Waals surface area contributed by atoms with Crippen molar-refractivity contribution >= 4 is 33.3 Å². The number of anilines is 1. The number of aromatic nitrogens is 5. The molecule has 1 aliphatic heterocycles. The molecule has 0 aliphatic carbocycles. The van der Waals surface area contributed by atoms with E-state index in [2.05, 4.69) is 66.3 Å². The minimum Gasteiger partial charge on any atom is -0.361 e. The monoisotopic (exact) mass is 453 g/mol. The summed E-state index contributed by atoms with van der Waals surface area (Å²) in [4.78, 5) is 23.7. The average molecular weight is 454 g/mol. The Kier molecular flexibility index (Phi) is 5.89. The molecule has 1 amide bonds. The quantitative estimate of drug-likeness (QED) is 0.416. The number of rotatable bonds is 8. The van der Waals surface area contributed by atoms with E-state index in [1.54, 1.807) is 12.5 Å². The Morgan fingerprint density at radius 3 is 3.16 bits per heavy atom. The second kappa shape index (κ2) is 9.12. The van der Waals surface area contributed by atoms with Crippen molar-refractivity contribution < 1.29 is 7.65 Å². The van der Waals surface area contributed by atoms with Crippen molar-refractivity contribution in [3.05, 3.63) is 59.3 Å². The van der Waals surface area contributed by atoms with Crippen LogP contribution in [0.4, 0.5) is 5.13 Å². The second-order valence-corrected chi connectivity index (χ2v) is 9.25. The highest BCUT2D eigenvalue weighted by atomic mass is 32.1. The van der Waals surface area contributed by atoms with Crippen molar-refractivity contribution in [2.24, 2.45) is 0 Å². The zero-order valence-electron chi connectivity index (χ0n) is 18.1. The molecule has 4 aromatic rings. The minimum atomic E-state index is -0.0464. The van der Waals surface area contributed by atoms with Crippen molar-refractivity contribution in [1.82, 2.24) is 30.0 Å². The van der Waals surface area contributed by atoms with Crippen LogP contribution in [0.5, 0.6) is 0 Å². The van der Waals surface area contributed by atoms with Crippen LogP contribution in [0.1, 0.15) is 50.1 Å². The number of hydrogen-bond donors (Lipinski definition) is 2. The fraction of sp³-hybridized carbons (Fsp3) is 0.391. The number of nitrogens with zero attached hydrogens (tertiary/aromatic N) is 5. The molecule has 4 heterocycles. The molecule has 0 fully saturated rings. The molecule has 170 valence electrons. The largest absolute Gasteiger partial charge is 0.361 e. The van der Waals surface area contributed by atoms with Gasteiger partial charge in [0.1, 0.15) is 11.2 Å². The van der Waals surface area contributed by atoms with Gasteiger partial charge in [0.25, 0.3) is 5.91 Å². The third kappa shape index (κ3) is 4.25. The highest BCUT2D eigenvalue weighted by Gasteiger charge is 2.23. The van der Waals surface area contributed by atoms with Gasteiger partial charge in [0.05, 0.1) is 12.7 Å². The Hall–Kier alpha value is -3.20. The maximum Gasteiger partial charge on any atom is 0.263 e. The topological polar surface area (TPSA) is 91.7 Å². The van der Waals surface area contributed by atoms with Crippen LogP contribution in [0.15, 0.2) is 43.0 Å². The number of fused-ring (bicyclic) bond motifs is 2. The number of hydrogen-bond acceptors (Lipinski definition) is 6. The summed E-state index contributed by atoms with van der Waals surface area (Å²) in [6.07, 6.45) is 9.46. The molecule has 3 aromatic heterocycles. The summed E-state index contributed by atoms with van der Waals surface area (Å²) in [5.41, 5.74) is 2.37. The van der Waals surface area contributed by atoms with Gasteiger partial charge in [-0.25, -0.2) is 4.98 Å². The second-order valence-electron chi connectivity index (χ2n) is 8.25. The van der Waals surface area contributed by atoms with Crippen LogP contribution in [-0.2, 0) is 19.5 Å². The molecule has 0 radical (unpaired) electrons. The lowest BCUT2D eigenvalue weighted by Crippen LogP contribution is -2.36. The fourth-order valence-electron chi connectivity index (χ4n) is 4.24. The van der Waals surface area contributed by atoms with Gasteiger partial charge < -0.3 is 19.8 Å². The number of H-pyrrole nitrogens is 1. The van der Waals surface area contributed by atoms with E-state index in [9.17, 15) is 4.79 Å². The first-order valence-electron chi connectivity index (χ1n) is 11.1. The molecule has 1 aliphatic rings. The Balaban J connectivity index is 0.00000162. The maximum absolute atomic E-state index is 13.1. The summed E-state index contributed by atoms with van der Waals surface area (Å²) in [6, 6.07) is 8.39. The Labute approximate surface area is 193 Å². The van der Waals surface area contributed by atoms with Gasteiger partial charge >= 0.3 is 0 Å². The number of thiazole rings is 1. The van der Waals surface area contributed by atoms with Gasteiger partial charge in [0.15, 0.2) is 11.0 Å². The molecule has 1 aromatic carbocycles. The average Bonchev–Trinajstić information content (AvgIpc) is 3.56. The summed E-state index contributed by atoms with van der Waals surface area (Å²) in [5, 5.41) is 13.5. The zero-order valence-corrected chi connectivity index (χ0v) is 18.9. The van der Waals surface area contributed by atoms with Gasteiger partial charge in [0.2, 0.25) is 0 Å². The maximum atomic E-state index is 13.1. The van der Waals surface area contributed by atoms with E-state index in [0.717, 1.165) is 55.2 Å². The highest BCUT2D eigenvalue weighted by Crippen LogP contribution is 2.26. The third-order valence-electron chi connectivity index (χ3n) is 6.01. The van der Waals surface area contributed by atoms with E-state index in [4.69, 9.17) is 0 Å². The van der Waals surface area contributed by atoms with Crippen LogP contribution in [0.2, 0.25) is 0 Å². The molecule has 1 unspecified atom stereocenters. The molecule has 5 rings (SSSR count). The first-order chi connectivity index (χ1) is 15.7. The lowest BCUT2D eigenvalue weighted by Gasteiger charge is -2.26. The molecule has 32 heavy (non-hydrogen) atoms. The number of nitrogens with one attached hydrogen (secondary N) is 2. The standard InChI is InChI=1S/C23H27N7OS.2H2/c1-2-3-6-17(11-16-12-24-19-8-5-4-7-18(16)19)27-22(31)20-13-25-23(32-20)29-9-10-30-15-26-28-21(30)14-29;;/h4-5,7-8,12-13,15,17,24H,2-3,6,9-11,14H2,1H3,(H,27,31);2*1H. The fourth-order valence-corrected chi connectivity index (χ4v) is 5.09. The number of amides is 1. The van der Waals surface area contributed by atoms with E-state index < -0.39 is 0 Å². The van der Waals surface area contributed by atoms with Crippen molar-refractivity contribution in [1.29, 1.82) is 0 Å². The van der Waals surface area contributed by atoms with E-state index in [1.807, 2.05) is 6.07 Å². The predicted molar refractivity (Wildman–Crippen MR) is 130 cm³/mol. The van der Waals surface area contributed by atoms with E-state index in [-0.39, 0.29) is 14.8 Å². The van der Waals surface area contributed by atoms with Gasteiger partial charge in [-0.1, -0.05) is 49.3 Å². The summed E-state index contributed by atoms with van der Waals surface area (Å²) < 4.78 is 2.06. The lowest BCUT2D eigenvalue weighted by molar-refractivity contribution is 0.0938. The van der Waals surface area contributed by atoms with E-state index in [1.165, 1.54) is 22.3 Å². The number of unbranched alkanes of at least 4 members (excludes halogenated alkanes) is 1. The molecule has 0 spiro atoms. The highest BCUT2D eigenvalue weighted by molar-refractivity contribution is 7.17. The van der Waals surface area contributed by atoms with Gasteiger partial charge in [-0.15, -0.1) is 10.2 Å². The third-order valence-corrected chi connectivity index (χ3v) is 7.07. The smallest absolute Gasteiger partial charge is 0.263 e. The van der Waals surface area contributed by atoms with Crippen molar-refractivity contribution in [3.8, 4) is 0 Å². The van der Waals surface area contributed by atoms with Crippen LogP contribution >= 0.6 is 11.3 Å². The van der Waals surface area contributed by atoms with Crippen LogP contribution in [0.25, 0.3) is 10.9 Å². The predicted octanol–water partition coefficient (Wildman–Crippen LogP) is 4.26. The normalized spacial score (nSPS) is 14.5.